The number of halogens is 4. The number of nitrogens with zero attached hydrogens (tertiary/aromatic N) is 5. The Labute approximate surface area is 190 Å². The number of nitrogens with one attached hydrogen (secondary N) is 1. The lowest BCUT2D eigenvalue weighted by Gasteiger charge is -2.10. The van der Waals surface area contributed by atoms with Gasteiger partial charge in [0.15, 0.2) is 5.69 Å². The third-order valence-electron chi connectivity index (χ3n) is 4.71. The number of anilines is 1. The zero-order valence-electron chi connectivity index (χ0n) is 17.8. The van der Waals surface area contributed by atoms with Crippen LogP contribution in [0.3, 0.4) is 0 Å². The number of rotatable bonds is 3. The molecule has 33 heavy (non-hydrogen) atoms. The Morgan fingerprint density at radius 1 is 1.30 bits per heavy atom. The highest BCUT2D eigenvalue weighted by Crippen LogP contribution is 2.37. The molecule has 4 rings (SSSR count). The summed E-state index contributed by atoms with van der Waals surface area (Å²) < 4.78 is 59.1. The van der Waals surface area contributed by atoms with Crippen molar-refractivity contribution in [1.82, 2.24) is 24.5 Å². The van der Waals surface area contributed by atoms with Crippen LogP contribution in [0.2, 0.25) is 0 Å². The van der Waals surface area contributed by atoms with E-state index in [0.29, 0.717) is 12.3 Å². The summed E-state index contributed by atoms with van der Waals surface area (Å²) in [7, 11) is 2.90. The van der Waals surface area contributed by atoms with Gasteiger partial charge in [-0.25, -0.2) is 9.37 Å². The summed E-state index contributed by atoms with van der Waals surface area (Å²) in [4.78, 5) is 16.1. The summed E-state index contributed by atoms with van der Waals surface area (Å²) in [5.41, 5.74) is 4.85. The number of carbonyl (C=O) groups excluding carboxylic acids is 1. The molecule has 1 saturated heterocycles. The van der Waals surface area contributed by atoms with Gasteiger partial charge < -0.3 is 15.8 Å². The molecule has 1 amide bonds. The summed E-state index contributed by atoms with van der Waals surface area (Å²) in [5.74, 6) is -0.525. The Morgan fingerprint density at radius 2 is 2.06 bits per heavy atom. The first kappa shape index (κ1) is 24.8. The number of aromatic nitrogens is 5. The largest absolute Gasteiger partial charge is 0.433 e. The summed E-state index contributed by atoms with van der Waals surface area (Å²) >= 11 is 0.944. The number of nitrogens with two attached hydrogens (primary N) is 1. The number of thiazole rings is 1. The van der Waals surface area contributed by atoms with E-state index in [9.17, 15) is 22.4 Å². The Hall–Kier alpha value is -2.84. The topological polar surface area (TPSA) is 113 Å². The second-order valence-electron chi connectivity index (χ2n) is 7.32. The molecule has 4 heterocycles. The number of carbonyl (C=O) groups is 1. The van der Waals surface area contributed by atoms with Crippen molar-refractivity contribution in [1.29, 1.82) is 0 Å². The van der Waals surface area contributed by atoms with E-state index < -0.39 is 23.9 Å². The van der Waals surface area contributed by atoms with Crippen LogP contribution in [0.15, 0.2) is 24.0 Å². The van der Waals surface area contributed by atoms with E-state index in [4.69, 9.17) is 10.5 Å². The second kappa shape index (κ2) is 10.4. The minimum atomic E-state index is -4.57. The molecule has 0 saturated carbocycles. The lowest BCUT2D eigenvalue weighted by atomic mass is 10.1. The third-order valence-corrected chi connectivity index (χ3v) is 5.58. The van der Waals surface area contributed by atoms with E-state index in [2.05, 4.69) is 20.5 Å². The van der Waals surface area contributed by atoms with E-state index in [1.807, 2.05) is 0 Å². The lowest BCUT2D eigenvalue weighted by molar-refractivity contribution is -0.143. The zero-order valence-corrected chi connectivity index (χ0v) is 18.7. The van der Waals surface area contributed by atoms with Gasteiger partial charge in [0.1, 0.15) is 16.9 Å². The molecule has 9 nitrogen and oxygen atoms in total. The van der Waals surface area contributed by atoms with Gasteiger partial charge >= 0.3 is 6.18 Å². The fourth-order valence-corrected chi connectivity index (χ4v) is 3.84. The van der Waals surface area contributed by atoms with Crippen molar-refractivity contribution in [3.05, 3.63) is 35.4 Å². The lowest BCUT2D eigenvalue weighted by Crippen LogP contribution is -2.32. The molecule has 3 aromatic rings. The second-order valence-corrected chi connectivity index (χ2v) is 8.18. The normalized spacial score (nSPS) is 18.9. The Balaban J connectivity index is 0.000000286. The van der Waals surface area contributed by atoms with Crippen molar-refractivity contribution >= 4 is 22.9 Å². The molecule has 1 fully saturated rings. The van der Waals surface area contributed by atoms with Crippen LogP contribution in [0.25, 0.3) is 10.6 Å². The fraction of sp³-hybridized carbons (Fsp3) is 0.474. The SMILES string of the molecule is Cn1cc(NC(=O)c2csc(-c3cnn(C)c3C(F)(F)F)n2)cn1.NC1CCCOCC1F. The van der Waals surface area contributed by atoms with Crippen molar-refractivity contribution in [3.63, 3.8) is 0 Å². The van der Waals surface area contributed by atoms with Gasteiger partial charge in [-0.05, 0) is 12.8 Å². The van der Waals surface area contributed by atoms with Crippen LogP contribution < -0.4 is 11.1 Å². The van der Waals surface area contributed by atoms with E-state index in [0.717, 1.165) is 35.1 Å². The molecule has 1 aliphatic rings. The van der Waals surface area contributed by atoms with Crippen molar-refractivity contribution in [2.75, 3.05) is 18.5 Å². The number of amides is 1. The minimum absolute atomic E-state index is 0.0239. The maximum Gasteiger partial charge on any atom is 0.433 e. The minimum Gasteiger partial charge on any atom is -0.378 e. The number of hydrogen-bond donors (Lipinski definition) is 2. The monoisotopic (exact) mass is 489 g/mol. The smallest absolute Gasteiger partial charge is 0.378 e. The van der Waals surface area contributed by atoms with Gasteiger partial charge in [0.05, 0.1) is 30.3 Å². The Kier molecular flexibility index (Phi) is 7.81. The first-order valence-corrected chi connectivity index (χ1v) is 10.8. The van der Waals surface area contributed by atoms with Crippen LogP contribution in [0.4, 0.5) is 23.2 Å². The van der Waals surface area contributed by atoms with Crippen LogP contribution >= 0.6 is 11.3 Å². The van der Waals surface area contributed by atoms with Crippen molar-refractivity contribution in [3.8, 4) is 10.6 Å². The summed E-state index contributed by atoms with van der Waals surface area (Å²) in [6.45, 7) is 0.843. The molecule has 2 unspecified atom stereocenters. The number of alkyl halides is 4. The summed E-state index contributed by atoms with van der Waals surface area (Å²) in [6, 6.07) is -0.299. The molecular formula is C19H23F4N7O2S. The van der Waals surface area contributed by atoms with Gasteiger partial charge in [0.25, 0.3) is 5.91 Å². The van der Waals surface area contributed by atoms with E-state index >= 15 is 0 Å². The molecule has 14 heteroatoms. The summed E-state index contributed by atoms with van der Waals surface area (Å²) in [6.07, 6.45) is 0.257. The number of ether oxygens (including phenoxy) is 1. The average molecular weight is 489 g/mol. The molecule has 0 aromatic carbocycles. The highest BCUT2D eigenvalue weighted by Gasteiger charge is 2.38. The van der Waals surface area contributed by atoms with Gasteiger partial charge in [-0.1, -0.05) is 0 Å². The first-order valence-electron chi connectivity index (χ1n) is 9.88. The highest BCUT2D eigenvalue weighted by molar-refractivity contribution is 7.13. The van der Waals surface area contributed by atoms with Gasteiger partial charge in [0, 0.05) is 38.3 Å². The van der Waals surface area contributed by atoms with Crippen molar-refractivity contribution in [2.45, 2.75) is 31.2 Å². The Bertz CT molecular complexity index is 1070. The van der Waals surface area contributed by atoms with Crippen LogP contribution in [0.5, 0.6) is 0 Å². The molecular weight excluding hydrogens is 466 g/mol. The molecule has 1 aliphatic heterocycles. The maximum absolute atomic E-state index is 13.1. The Morgan fingerprint density at radius 3 is 2.73 bits per heavy atom. The van der Waals surface area contributed by atoms with Gasteiger partial charge in [-0.2, -0.15) is 23.4 Å². The van der Waals surface area contributed by atoms with Crippen LogP contribution in [-0.4, -0.2) is 55.9 Å². The van der Waals surface area contributed by atoms with E-state index in [1.165, 1.54) is 23.3 Å². The van der Waals surface area contributed by atoms with Crippen LogP contribution in [0, 0.1) is 0 Å². The first-order chi connectivity index (χ1) is 15.6. The number of aryl methyl sites for hydroxylation is 2. The standard InChI is InChI=1S/C13H11F3N6OS.C6H12FNO/c1-21-5-7(3-17-21)19-11(23)9-6-24-12(20-9)8-4-18-22(2)10(8)13(14,15)16;7-5-4-9-3-1-2-6(5)8/h3-6H,1-2H3,(H,19,23);5-6H,1-4,8H2. The van der Waals surface area contributed by atoms with Gasteiger partial charge in [-0.15, -0.1) is 11.3 Å². The highest BCUT2D eigenvalue weighted by atomic mass is 32.1. The molecule has 0 radical (unpaired) electrons. The van der Waals surface area contributed by atoms with Crippen molar-refractivity contribution < 1.29 is 27.1 Å². The van der Waals surface area contributed by atoms with Gasteiger partial charge in [0.2, 0.25) is 0 Å². The maximum atomic E-state index is 13.1. The molecule has 2 atom stereocenters. The summed E-state index contributed by atoms with van der Waals surface area (Å²) in [5, 5.41) is 11.6. The quantitative estimate of drug-likeness (QED) is 0.547. The fourth-order valence-electron chi connectivity index (χ4n) is 3.03. The average Bonchev–Trinajstić information content (AvgIpc) is 3.44. The van der Waals surface area contributed by atoms with E-state index in [-0.39, 0.29) is 28.9 Å². The van der Waals surface area contributed by atoms with Gasteiger partial charge in [-0.3, -0.25) is 14.2 Å². The van der Waals surface area contributed by atoms with E-state index in [1.54, 1.807) is 13.2 Å². The molecule has 3 aromatic heterocycles. The molecule has 0 aliphatic carbocycles. The van der Waals surface area contributed by atoms with Crippen LogP contribution in [0.1, 0.15) is 29.0 Å². The van der Waals surface area contributed by atoms with Crippen molar-refractivity contribution in [2.24, 2.45) is 19.8 Å². The molecule has 180 valence electrons. The molecule has 0 bridgehead atoms. The zero-order chi connectivity index (χ0) is 24.2. The molecule has 0 spiro atoms. The molecule has 3 N–H and O–H groups in total. The predicted octanol–water partition coefficient (Wildman–Crippen LogP) is 3.01. The number of hydrogen-bond acceptors (Lipinski definition) is 7. The third kappa shape index (κ3) is 6.36. The van der Waals surface area contributed by atoms with Crippen LogP contribution in [-0.2, 0) is 25.0 Å². The predicted molar refractivity (Wildman–Crippen MR) is 113 cm³/mol.